The fourth-order valence-electron chi connectivity index (χ4n) is 2.13. The third-order valence-corrected chi connectivity index (χ3v) is 3.03. The average molecular weight is 267 g/mol. The topological polar surface area (TPSA) is 46.2 Å². The number of hydrogen-bond acceptors (Lipinski definition) is 2. The summed E-state index contributed by atoms with van der Waals surface area (Å²) < 4.78 is 0. The molecule has 0 radical (unpaired) electrons. The van der Waals surface area contributed by atoms with Crippen molar-refractivity contribution in [2.24, 2.45) is 0 Å². The molecule has 3 rings (SSSR count). The first-order valence-electron chi connectivity index (χ1n) is 6.76. The van der Waals surface area contributed by atoms with Crippen molar-refractivity contribution in [1.82, 2.24) is 0 Å². The molecule has 1 heterocycles. The first-order valence-corrected chi connectivity index (χ1v) is 6.76. The number of benzene rings is 2. The standard InChI is InChI=1S/C15H11NO2.C2H6/c17-14-9-12-8-11(6-7-13(12)16-14)15(18)10-4-2-1-3-5-10;1-2/h1-8H,9H2,(H,16,17);1-2H3. The van der Waals surface area contributed by atoms with Crippen LogP contribution in [0.3, 0.4) is 0 Å². The third-order valence-electron chi connectivity index (χ3n) is 3.03. The molecule has 0 unspecified atom stereocenters. The van der Waals surface area contributed by atoms with Gasteiger partial charge in [-0.05, 0) is 23.8 Å². The second-order valence-corrected chi connectivity index (χ2v) is 4.29. The lowest BCUT2D eigenvalue weighted by Crippen LogP contribution is -2.03. The molecule has 1 N–H and O–H groups in total. The van der Waals surface area contributed by atoms with Gasteiger partial charge in [0.2, 0.25) is 5.91 Å². The molecule has 0 spiro atoms. The smallest absolute Gasteiger partial charge is 0.228 e. The van der Waals surface area contributed by atoms with Crippen molar-refractivity contribution in [2.45, 2.75) is 20.3 Å². The zero-order chi connectivity index (χ0) is 14.5. The van der Waals surface area contributed by atoms with E-state index in [4.69, 9.17) is 0 Å². The van der Waals surface area contributed by atoms with Gasteiger partial charge >= 0.3 is 0 Å². The Balaban J connectivity index is 0.000000704. The molecule has 102 valence electrons. The third kappa shape index (κ3) is 2.77. The van der Waals surface area contributed by atoms with Gasteiger partial charge in [-0.1, -0.05) is 44.2 Å². The van der Waals surface area contributed by atoms with Crippen LogP contribution in [0.1, 0.15) is 35.3 Å². The molecule has 0 aliphatic carbocycles. The fourth-order valence-corrected chi connectivity index (χ4v) is 2.13. The second kappa shape index (κ2) is 6.15. The molecular weight excluding hydrogens is 250 g/mol. The molecule has 3 nitrogen and oxygen atoms in total. The van der Waals surface area contributed by atoms with Gasteiger partial charge in [-0.3, -0.25) is 9.59 Å². The van der Waals surface area contributed by atoms with Gasteiger partial charge < -0.3 is 5.32 Å². The Bertz CT molecular complexity index is 633. The molecule has 3 heteroatoms. The molecule has 0 atom stereocenters. The van der Waals surface area contributed by atoms with Crippen LogP contribution in [0.5, 0.6) is 0 Å². The van der Waals surface area contributed by atoms with Crippen molar-refractivity contribution < 1.29 is 9.59 Å². The van der Waals surface area contributed by atoms with Gasteiger partial charge in [-0.15, -0.1) is 0 Å². The molecule has 1 aliphatic rings. The minimum Gasteiger partial charge on any atom is -0.326 e. The lowest BCUT2D eigenvalue weighted by Gasteiger charge is -2.03. The number of carbonyl (C=O) groups is 2. The van der Waals surface area contributed by atoms with Crippen LogP contribution in [0, 0.1) is 0 Å². The Morgan fingerprint density at radius 1 is 1.00 bits per heavy atom. The summed E-state index contributed by atoms with van der Waals surface area (Å²) in [5, 5.41) is 2.75. The van der Waals surface area contributed by atoms with Crippen molar-refractivity contribution in [1.29, 1.82) is 0 Å². The van der Waals surface area contributed by atoms with Gasteiger partial charge in [-0.25, -0.2) is 0 Å². The van der Waals surface area contributed by atoms with Gasteiger partial charge in [-0.2, -0.15) is 0 Å². The number of amides is 1. The maximum absolute atomic E-state index is 12.2. The Labute approximate surface area is 118 Å². The normalized spacial score (nSPS) is 12.0. The zero-order valence-electron chi connectivity index (χ0n) is 11.6. The highest BCUT2D eigenvalue weighted by Crippen LogP contribution is 2.24. The summed E-state index contributed by atoms with van der Waals surface area (Å²) in [6.45, 7) is 4.00. The lowest BCUT2D eigenvalue weighted by molar-refractivity contribution is -0.115. The van der Waals surface area contributed by atoms with Crippen LogP contribution in [-0.4, -0.2) is 11.7 Å². The molecule has 2 aromatic rings. The average Bonchev–Trinajstić information content (AvgIpc) is 2.88. The number of rotatable bonds is 2. The van der Waals surface area contributed by atoms with E-state index < -0.39 is 0 Å². The molecule has 0 bridgehead atoms. The highest BCUT2D eigenvalue weighted by atomic mass is 16.1. The molecule has 0 fully saturated rings. The van der Waals surface area contributed by atoms with Crippen LogP contribution >= 0.6 is 0 Å². The Morgan fingerprint density at radius 2 is 1.70 bits per heavy atom. The van der Waals surface area contributed by atoms with Crippen molar-refractivity contribution >= 4 is 17.4 Å². The maximum atomic E-state index is 12.2. The first-order chi connectivity index (χ1) is 9.74. The fraction of sp³-hybridized carbons (Fsp3) is 0.176. The highest BCUT2D eigenvalue weighted by molar-refractivity contribution is 6.10. The molecule has 20 heavy (non-hydrogen) atoms. The molecule has 0 aromatic heterocycles. The van der Waals surface area contributed by atoms with E-state index in [9.17, 15) is 9.59 Å². The SMILES string of the molecule is CC.O=C1Cc2cc(C(=O)c3ccccc3)ccc2N1. The van der Waals surface area contributed by atoms with Crippen LogP contribution in [0.15, 0.2) is 48.5 Å². The zero-order valence-corrected chi connectivity index (χ0v) is 11.6. The van der Waals surface area contributed by atoms with Gasteiger partial charge in [0.15, 0.2) is 5.78 Å². The van der Waals surface area contributed by atoms with Crippen molar-refractivity contribution in [2.75, 3.05) is 5.32 Å². The van der Waals surface area contributed by atoms with Gasteiger partial charge in [0.25, 0.3) is 0 Å². The van der Waals surface area contributed by atoms with E-state index in [-0.39, 0.29) is 11.7 Å². The monoisotopic (exact) mass is 267 g/mol. The molecule has 2 aromatic carbocycles. The molecular formula is C17H17NO2. The molecule has 1 aliphatic heterocycles. The second-order valence-electron chi connectivity index (χ2n) is 4.29. The van der Waals surface area contributed by atoms with E-state index >= 15 is 0 Å². The quantitative estimate of drug-likeness (QED) is 0.847. The predicted molar refractivity (Wildman–Crippen MR) is 80.0 cm³/mol. The lowest BCUT2D eigenvalue weighted by atomic mass is 10.0. The highest BCUT2D eigenvalue weighted by Gasteiger charge is 2.19. The van der Waals surface area contributed by atoms with E-state index in [2.05, 4.69) is 5.32 Å². The van der Waals surface area contributed by atoms with Crippen LogP contribution < -0.4 is 5.32 Å². The summed E-state index contributed by atoms with van der Waals surface area (Å²) in [6, 6.07) is 14.5. The molecule has 0 saturated heterocycles. The van der Waals surface area contributed by atoms with Crippen molar-refractivity contribution in [3.05, 3.63) is 65.2 Å². The number of anilines is 1. The molecule has 1 amide bonds. The largest absolute Gasteiger partial charge is 0.326 e. The Kier molecular flexibility index (Phi) is 4.31. The predicted octanol–water partition coefficient (Wildman–Crippen LogP) is 3.44. The summed E-state index contributed by atoms with van der Waals surface area (Å²) in [7, 11) is 0. The van der Waals surface area contributed by atoms with Gasteiger partial charge in [0.05, 0.1) is 6.42 Å². The number of hydrogen-bond donors (Lipinski definition) is 1. The van der Waals surface area contributed by atoms with Crippen LogP contribution in [0.2, 0.25) is 0 Å². The Morgan fingerprint density at radius 3 is 2.40 bits per heavy atom. The van der Waals surface area contributed by atoms with E-state index in [0.29, 0.717) is 17.5 Å². The van der Waals surface area contributed by atoms with E-state index in [0.717, 1.165) is 11.3 Å². The number of fused-ring (bicyclic) bond motifs is 1. The maximum Gasteiger partial charge on any atom is 0.228 e. The van der Waals surface area contributed by atoms with Crippen molar-refractivity contribution in [3.63, 3.8) is 0 Å². The summed E-state index contributed by atoms with van der Waals surface area (Å²) >= 11 is 0. The number of carbonyl (C=O) groups excluding carboxylic acids is 2. The Hall–Kier alpha value is -2.42. The molecule has 0 saturated carbocycles. The number of ketones is 1. The number of nitrogens with one attached hydrogen (secondary N) is 1. The van der Waals surface area contributed by atoms with Crippen molar-refractivity contribution in [3.8, 4) is 0 Å². The van der Waals surface area contributed by atoms with Crippen LogP contribution in [0.25, 0.3) is 0 Å². The van der Waals surface area contributed by atoms with E-state index in [1.54, 1.807) is 30.3 Å². The van der Waals surface area contributed by atoms with Crippen LogP contribution in [-0.2, 0) is 11.2 Å². The van der Waals surface area contributed by atoms with Crippen LogP contribution in [0.4, 0.5) is 5.69 Å². The van der Waals surface area contributed by atoms with E-state index in [1.165, 1.54) is 0 Å². The summed E-state index contributed by atoms with van der Waals surface area (Å²) in [4.78, 5) is 23.5. The van der Waals surface area contributed by atoms with E-state index in [1.807, 2.05) is 32.0 Å². The summed E-state index contributed by atoms with van der Waals surface area (Å²) in [5.74, 6) is -0.0351. The van der Waals surface area contributed by atoms with Gasteiger partial charge in [0.1, 0.15) is 0 Å². The first kappa shape index (κ1) is 14.0. The summed E-state index contributed by atoms with van der Waals surface area (Å²) in [5.41, 5.74) is 2.98. The summed E-state index contributed by atoms with van der Waals surface area (Å²) in [6.07, 6.45) is 0.352. The minimum atomic E-state index is -0.0192. The minimum absolute atomic E-state index is 0.0160. The van der Waals surface area contributed by atoms with Gasteiger partial charge in [0, 0.05) is 16.8 Å².